The van der Waals surface area contributed by atoms with Crippen LogP contribution in [0.1, 0.15) is 65.3 Å². The van der Waals surface area contributed by atoms with E-state index in [1.807, 2.05) is 57.2 Å². The number of nitrogens with two attached hydrogens (primary N) is 1. The molecule has 7 rings (SSSR count). The number of anilines is 4. The van der Waals surface area contributed by atoms with E-state index >= 15 is 0 Å². The lowest BCUT2D eigenvalue weighted by molar-refractivity contribution is -0.130. The second-order valence-corrected chi connectivity index (χ2v) is 21.7. The third-order valence-corrected chi connectivity index (χ3v) is 15.5. The van der Waals surface area contributed by atoms with Gasteiger partial charge in [-0.15, -0.1) is 35.3 Å². The molecule has 0 spiro atoms. The van der Waals surface area contributed by atoms with Crippen molar-refractivity contribution in [2.24, 2.45) is 5.92 Å². The van der Waals surface area contributed by atoms with Gasteiger partial charge in [-0.1, -0.05) is 37.3 Å². The number of aryl methyl sites for hydroxylation is 4. The van der Waals surface area contributed by atoms with Crippen LogP contribution < -0.4 is 21.7 Å². The Balaban J connectivity index is 0.000000238. The molecular weight excluding hydrogens is 1070 g/mol. The molecule has 0 aliphatic carbocycles. The monoisotopic (exact) mass is 1130 g/mol. The summed E-state index contributed by atoms with van der Waals surface area (Å²) in [6.45, 7) is 12.0. The molecule has 0 radical (unpaired) electrons. The molecule has 7 N–H and O–H groups in total. The molecule has 80 heavy (non-hydrogen) atoms. The first-order valence-electron chi connectivity index (χ1n) is 24.6. The summed E-state index contributed by atoms with van der Waals surface area (Å²) < 4.78 is 26.4. The Morgan fingerprint density at radius 1 is 0.537 bits per heavy atom. The van der Waals surface area contributed by atoms with Crippen LogP contribution in [0.3, 0.4) is 0 Å². The van der Waals surface area contributed by atoms with Crippen LogP contribution in [-0.2, 0) is 14.4 Å². The van der Waals surface area contributed by atoms with Crippen LogP contribution in [0.2, 0.25) is 0 Å². The first-order valence-corrected chi connectivity index (χ1v) is 27.5. The third kappa shape index (κ3) is 20.7. The van der Waals surface area contributed by atoms with Crippen molar-refractivity contribution in [2.45, 2.75) is 74.4 Å². The largest absolute Gasteiger partial charge is 0.399 e. The molecule has 7 aromatic rings. The summed E-state index contributed by atoms with van der Waals surface area (Å²) in [5, 5.41) is 64.2. The molecule has 3 unspecified atom stereocenters. The van der Waals surface area contributed by atoms with E-state index in [0.717, 1.165) is 43.8 Å². The molecule has 3 amide bonds. The van der Waals surface area contributed by atoms with E-state index in [1.165, 1.54) is 55.6 Å². The summed E-state index contributed by atoms with van der Waals surface area (Å²) in [7, 11) is 0. The fourth-order valence-electron chi connectivity index (χ4n) is 6.69. The van der Waals surface area contributed by atoms with Gasteiger partial charge in [0, 0.05) is 60.6 Å². The van der Waals surface area contributed by atoms with Crippen molar-refractivity contribution < 1.29 is 33.4 Å². The highest BCUT2D eigenvalue weighted by molar-refractivity contribution is 7.99. The highest BCUT2D eigenvalue weighted by atomic mass is 32.2. The minimum Gasteiger partial charge on any atom is -0.399 e. The summed E-state index contributed by atoms with van der Waals surface area (Å²) in [4.78, 5) is 39.1. The Hall–Kier alpha value is -8.46. The number of thioether (sulfide) groups is 3. The van der Waals surface area contributed by atoms with E-state index in [-0.39, 0.29) is 35.0 Å². The average Bonchev–Trinajstić information content (AvgIpc) is 3.44. The highest BCUT2D eigenvalue weighted by Crippen LogP contribution is 2.28. The quantitative estimate of drug-likeness (QED) is 0.0413. The molecule has 0 aliphatic heterocycles. The van der Waals surface area contributed by atoms with E-state index in [2.05, 4.69) is 34.2 Å². The zero-order chi connectivity index (χ0) is 59.0. The molecule has 0 saturated heterocycles. The van der Waals surface area contributed by atoms with Gasteiger partial charge in [0.05, 0.1) is 46.5 Å². The number of carbonyl (C=O) groups is 3. The lowest BCUT2D eigenvalue weighted by Crippen LogP contribution is -2.42. The minimum absolute atomic E-state index is 0.00896. The van der Waals surface area contributed by atoms with Gasteiger partial charge in [0.1, 0.15) is 22.8 Å². The molecule has 0 saturated carbocycles. The molecule has 0 aliphatic rings. The van der Waals surface area contributed by atoms with E-state index in [9.17, 15) is 33.4 Å². The molecule has 0 heterocycles. The van der Waals surface area contributed by atoms with Crippen molar-refractivity contribution in [3.05, 3.63) is 208 Å². The number of nitrogens with zero attached hydrogens (tertiary/aromatic N) is 4. The zero-order valence-electron chi connectivity index (χ0n) is 45.1. The molecule has 0 aromatic heterocycles. The van der Waals surface area contributed by atoms with E-state index < -0.39 is 23.0 Å². The van der Waals surface area contributed by atoms with Gasteiger partial charge in [-0.05, 0) is 185 Å². The van der Waals surface area contributed by atoms with Gasteiger partial charge in [-0.2, -0.15) is 21.0 Å². The Morgan fingerprint density at radius 2 is 0.938 bits per heavy atom. The lowest BCUT2D eigenvalue weighted by Gasteiger charge is -2.22. The van der Waals surface area contributed by atoms with E-state index in [4.69, 9.17) is 26.8 Å². The number of carbonyl (C=O) groups excluding carboxylic acids is 3. The maximum absolute atomic E-state index is 13.6. The Morgan fingerprint density at radius 3 is 1.38 bits per heavy atom. The number of amides is 3. The number of halogens is 2. The number of hydrogen-bond donors (Lipinski definition) is 6. The van der Waals surface area contributed by atoms with Gasteiger partial charge in [0.2, 0.25) is 5.91 Å². The number of hydrogen-bond acceptors (Lipinski definition) is 13. The number of aliphatic hydroxyl groups is 2. The average molecular weight is 1130 g/mol. The molecule has 0 fully saturated rings. The first kappa shape index (κ1) is 64.1. The topological polar surface area (TPSA) is 249 Å². The van der Waals surface area contributed by atoms with Crippen LogP contribution in [0.15, 0.2) is 166 Å². The van der Waals surface area contributed by atoms with Gasteiger partial charge in [0.15, 0.2) is 0 Å². The van der Waals surface area contributed by atoms with Crippen LogP contribution >= 0.6 is 35.3 Å². The summed E-state index contributed by atoms with van der Waals surface area (Å²) in [6.07, 6.45) is 0. The summed E-state index contributed by atoms with van der Waals surface area (Å²) >= 11 is 4.01. The second-order valence-electron chi connectivity index (χ2n) is 18.5. The normalized spacial score (nSPS) is 12.0. The fraction of sp³-hybridized carbons (Fsp3) is 0.210. The Bertz CT molecular complexity index is 3440. The van der Waals surface area contributed by atoms with Gasteiger partial charge >= 0.3 is 0 Å². The third-order valence-electron chi connectivity index (χ3n) is 11.5. The van der Waals surface area contributed by atoms with E-state index in [1.54, 1.807) is 117 Å². The maximum Gasteiger partial charge on any atom is 0.256 e. The zero-order valence-corrected chi connectivity index (χ0v) is 47.5. The molecular formula is C62H60F2N8O5S3. The van der Waals surface area contributed by atoms with Gasteiger partial charge in [0.25, 0.3) is 11.8 Å². The predicted octanol–water partition coefficient (Wildman–Crippen LogP) is 12.7. The standard InChI is InChI=1S/C18H17FN2O2S.C18H17FN2OS.C18H18N2O2S.C8H8N2/c1-12-9-14(8-7-13(12)10-20)21-17(22)18(2,23)11-24-16-6-4-3-5-15(16)19;1-12-9-16(6-3-14(12)10-20)21-18(22)13(2)11-23-17-7-4-15(19)5-8-17;1-13-10-15(9-8-14(13)11-19)20-17(21)18(2,22)12-23-16-6-4-3-5-7-16;1-6-4-8(10)3-2-7(6)5-9/h3-9,23H,11H2,1-2H3,(H,21,22);3-9,13H,11H2,1-2H3,(H,21,22);3-10,22H,12H2,1-2H3,(H,20,21);2-4H,10H2,1H3. The molecule has 18 heteroatoms. The number of rotatable bonds is 15. The van der Waals surface area contributed by atoms with Crippen LogP contribution in [0.5, 0.6) is 0 Å². The Kier molecular flexibility index (Phi) is 25.0. The summed E-state index contributed by atoms with van der Waals surface area (Å²) in [5.41, 5.74) is 10.4. The van der Waals surface area contributed by atoms with Crippen LogP contribution in [-0.4, -0.2) is 56.4 Å². The summed E-state index contributed by atoms with van der Waals surface area (Å²) in [6, 6.07) is 50.7. The van der Waals surface area contributed by atoms with Crippen molar-refractivity contribution in [1.29, 1.82) is 21.0 Å². The number of nitrogens with one attached hydrogen (secondary N) is 3. The summed E-state index contributed by atoms with van der Waals surface area (Å²) in [5.74, 6) is -1.12. The van der Waals surface area contributed by atoms with Crippen molar-refractivity contribution >= 4 is 75.8 Å². The molecule has 3 atom stereocenters. The van der Waals surface area contributed by atoms with Gasteiger partial charge in [-0.25, -0.2) is 8.78 Å². The smallest absolute Gasteiger partial charge is 0.256 e. The maximum atomic E-state index is 13.6. The van der Waals surface area contributed by atoms with Crippen molar-refractivity contribution in [3.8, 4) is 24.3 Å². The van der Waals surface area contributed by atoms with Crippen LogP contribution in [0.4, 0.5) is 31.5 Å². The van der Waals surface area contributed by atoms with Crippen molar-refractivity contribution in [2.75, 3.05) is 38.9 Å². The minimum atomic E-state index is -1.67. The van der Waals surface area contributed by atoms with E-state index in [0.29, 0.717) is 55.7 Å². The number of nitrogen functional groups attached to an aromatic ring is 1. The molecule has 7 aromatic carbocycles. The molecule has 0 bridgehead atoms. The van der Waals surface area contributed by atoms with Crippen molar-refractivity contribution in [3.63, 3.8) is 0 Å². The fourth-order valence-corrected chi connectivity index (χ4v) is 9.49. The number of nitriles is 4. The SMILES string of the molecule is Cc1cc(N)ccc1C#N.Cc1cc(NC(=O)C(C)(O)CSc2ccccc2)ccc1C#N.Cc1cc(NC(=O)C(C)(O)CSc2ccccc2F)ccc1C#N.Cc1cc(NC(=O)C(C)CSc2ccc(F)cc2)ccc1C#N. The first-order chi connectivity index (χ1) is 38.0. The number of benzene rings is 7. The Labute approximate surface area is 478 Å². The molecule has 13 nitrogen and oxygen atoms in total. The predicted molar refractivity (Wildman–Crippen MR) is 316 cm³/mol. The van der Waals surface area contributed by atoms with Crippen LogP contribution in [0.25, 0.3) is 0 Å². The van der Waals surface area contributed by atoms with Crippen molar-refractivity contribution in [1.82, 2.24) is 0 Å². The van der Waals surface area contributed by atoms with Gasteiger partial charge < -0.3 is 31.9 Å². The van der Waals surface area contributed by atoms with Gasteiger partial charge in [-0.3, -0.25) is 14.4 Å². The van der Waals surface area contributed by atoms with Crippen LogP contribution in [0, 0.1) is 90.6 Å². The molecule has 410 valence electrons. The lowest BCUT2D eigenvalue weighted by atomic mass is 10.1. The highest BCUT2D eigenvalue weighted by Gasteiger charge is 2.32. The second kappa shape index (κ2) is 31.2.